The van der Waals surface area contributed by atoms with Gasteiger partial charge in [-0.15, -0.1) is 0 Å². The van der Waals surface area contributed by atoms with Crippen LogP contribution in [0.2, 0.25) is 5.02 Å². The summed E-state index contributed by atoms with van der Waals surface area (Å²) in [6.07, 6.45) is -11.3. The molecule has 17 heteroatoms. The fourth-order valence-corrected chi connectivity index (χ4v) is 9.87. The van der Waals surface area contributed by atoms with Gasteiger partial charge in [0.25, 0.3) is 11.7 Å². The summed E-state index contributed by atoms with van der Waals surface area (Å²) in [6, 6.07) is 20.3. The second-order valence-electron chi connectivity index (χ2n) is 17.1. The Kier molecular flexibility index (Phi) is 12.2. The van der Waals surface area contributed by atoms with Gasteiger partial charge in [-0.05, 0) is 67.0 Å². The van der Waals surface area contributed by atoms with Crippen molar-refractivity contribution in [3.63, 3.8) is 0 Å². The lowest BCUT2D eigenvalue weighted by Gasteiger charge is -2.66. The van der Waals surface area contributed by atoms with Crippen LogP contribution in [-0.4, -0.2) is 98.9 Å². The molecule has 1 saturated heterocycles. The fraction of sp³-hybridized carbons (Fsp3) is 0.435. The molecule has 0 spiro atoms. The molecule has 1 aliphatic heterocycles. The molecule has 0 unspecified atom stereocenters. The van der Waals surface area contributed by atoms with Crippen LogP contribution in [-0.2, 0) is 47.9 Å². The van der Waals surface area contributed by atoms with E-state index in [1.807, 2.05) is 0 Å². The van der Waals surface area contributed by atoms with Gasteiger partial charge in [-0.2, -0.15) is 4.89 Å². The lowest BCUT2D eigenvalue weighted by Crippen LogP contribution is -2.81. The Morgan fingerprint density at radius 3 is 2.05 bits per heavy atom. The van der Waals surface area contributed by atoms with Crippen LogP contribution < -0.4 is 5.32 Å². The van der Waals surface area contributed by atoms with Crippen molar-refractivity contribution >= 4 is 47.2 Å². The number of carbonyl (C=O) groups excluding carboxylic acids is 6. The molecule has 1 amide bonds. The lowest BCUT2D eigenvalue weighted by molar-refractivity contribution is -0.595. The van der Waals surface area contributed by atoms with E-state index in [4.69, 9.17) is 40.3 Å². The van der Waals surface area contributed by atoms with E-state index in [1.54, 1.807) is 48.5 Å². The van der Waals surface area contributed by atoms with Crippen LogP contribution in [0.4, 0.5) is 0 Å². The zero-order valence-corrected chi connectivity index (χ0v) is 36.0. The lowest BCUT2D eigenvalue weighted by atomic mass is 9.46. The van der Waals surface area contributed by atoms with Gasteiger partial charge >= 0.3 is 23.9 Å². The number of esters is 4. The Bertz CT molecular complexity index is 2340. The number of ether oxygens (including phenoxy) is 4. The molecule has 63 heavy (non-hydrogen) atoms. The van der Waals surface area contributed by atoms with Crippen molar-refractivity contribution in [1.82, 2.24) is 5.32 Å². The SMILES string of the molecule is CC(=O)O[C@H]1C(=O)[C@@]2(C)[C@H]([C@H](OC(=O)c3ccccc3)[C@]3(O)C[C@H](OC(=O)[C@H](O)[C@@H](NC(=O)c4ccc(Cl)cc4)c4ccccc4)C(C)=C1C3(C)C)[C@]1(OC(C)=O)OO[C@@H]1C[C@@H]2O. The first-order valence-corrected chi connectivity index (χ1v) is 20.7. The minimum atomic E-state index is -2.48. The number of Topliss-reactive ketones (excluding diaryl/α,β-unsaturated/α-hetero) is 1. The molecule has 16 nitrogen and oxygen atoms in total. The highest BCUT2D eigenvalue weighted by atomic mass is 35.5. The molecule has 3 fully saturated rings. The van der Waals surface area contributed by atoms with E-state index >= 15 is 4.79 Å². The van der Waals surface area contributed by atoms with E-state index in [0.29, 0.717) is 10.6 Å². The van der Waals surface area contributed by atoms with Gasteiger partial charge in [0.1, 0.15) is 17.8 Å². The summed E-state index contributed by atoms with van der Waals surface area (Å²) >= 11 is 6.02. The van der Waals surface area contributed by atoms with Gasteiger partial charge in [0.2, 0.25) is 0 Å². The molecule has 3 aromatic rings. The highest BCUT2D eigenvalue weighted by Gasteiger charge is 2.80. The van der Waals surface area contributed by atoms with E-state index in [0.717, 1.165) is 13.8 Å². The highest BCUT2D eigenvalue weighted by Crippen LogP contribution is 2.64. The monoisotopic (exact) mass is 889 g/mol. The normalized spacial score (nSPS) is 31.6. The van der Waals surface area contributed by atoms with Gasteiger partial charge in [-0.1, -0.05) is 74.0 Å². The Hall–Kier alpha value is -5.49. The molecule has 334 valence electrons. The quantitative estimate of drug-likeness (QED) is 0.0964. The van der Waals surface area contributed by atoms with Crippen molar-refractivity contribution in [1.29, 1.82) is 0 Å². The van der Waals surface area contributed by atoms with Gasteiger partial charge < -0.3 is 39.6 Å². The van der Waals surface area contributed by atoms with Gasteiger partial charge in [0.05, 0.1) is 29.0 Å². The van der Waals surface area contributed by atoms with Crippen LogP contribution in [0, 0.1) is 16.7 Å². The van der Waals surface area contributed by atoms with Gasteiger partial charge in [-0.25, -0.2) is 14.5 Å². The van der Waals surface area contributed by atoms with Crippen molar-refractivity contribution in [3.8, 4) is 0 Å². The van der Waals surface area contributed by atoms with Crippen molar-refractivity contribution in [2.24, 2.45) is 16.7 Å². The van der Waals surface area contributed by atoms with Crippen molar-refractivity contribution in [2.45, 2.75) is 108 Å². The summed E-state index contributed by atoms with van der Waals surface area (Å²) in [6.45, 7) is 7.96. The van der Waals surface area contributed by atoms with E-state index in [-0.39, 0.29) is 28.7 Å². The molecule has 4 aliphatic rings. The average Bonchev–Trinajstić information content (AvgIpc) is 3.24. The summed E-state index contributed by atoms with van der Waals surface area (Å²) in [5, 5.41) is 40.5. The van der Waals surface area contributed by atoms with Crippen LogP contribution in [0.3, 0.4) is 0 Å². The van der Waals surface area contributed by atoms with Gasteiger partial charge in [0.15, 0.2) is 24.1 Å². The van der Waals surface area contributed by atoms with Crippen LogP contribution in [0.1, 0.15) is 86.7 Å². The smallest absolute Gasteiger partial charge is 0.338 e. The Balaban J connectivity index is 1.38. The zero-order chi connectivity index (χ0) is 45.8. The predicted molar refractivity (Wildman–Crippen MR) is 219 cm³/mol. The molecule has 0 aromatic heterocycles. The maximum atomic E-state index is 15.4. The number of amides is 1. The summed E-state index contributed by atoms with van der Waals surface area (Å²) in [7, 11) is 0. The zero-order valence-electron chi connectivity index (χ0n) is 35.2. The minimum absolute atomic E-state index is 0.0217. The summed E-state index contributed by atoms with van der Waals surface area (Å²) in [4.78, 5) is 94.4. The summed E-state index contributed by atoms with van der Waals surface area (Å²) < 4.78 is 24.0. The van der Waals surface area contributed by atoms with Gasteiger partial charge in [0, 0.05) is 42.7 Å². The molecule has 4 N–H and O–H groups in total. The van der Waals surface area contributed by atoms with E-state index < -0.39 is 113 Å². The summed E-state index contributed by atoms with van der Waals surface area (Å²) in [5.74, 6) is -9.78. The molecular weight excluding hydrogens is 842 g/mol. The molecule has 0 radical (unpaired) electrons. The number of benzene rings is 3. The number of ketones is 1. The molecule has 7 rings (SSSR count). The number of aliphatic hydroxyl groups excluding tert-OH is 2. The van der Waals surface area contributed by atoms with Gasteiger partial charge in [-0.3, -0.25) is 19.2 Å². The molecule has 3 aromatic carbocycles. The maximum absolute atomic E-state index is 15.4. The first-order chi connectivity index (χ1) is 29.7. The molecule has 2 saturated carbocycles. The van der Waals surface area contributed by atoms with Crippen molar-refractivity contribution in [2.75, 3.05) is 0 Å². The second kappa shape index (κ2) is 16.9. The number of aliphatic hydroxyl groups is 3. The number of fused-ring (bicyclic) bond motifs is 5. The topological polar surface area (TPSA) is 231 Å². The Morgan fingerprint density at radius 2 is 1.48 bits per heavy atom. The molecule has 2 bridgehead atoms. The number of hydrogen-bond donors (Lipinski definition) is 4. The number of halogens is 1. The standard InChI is InChI=1S/C46H48ClNO15/c1-23-30(59-42(56)35(52)34(26-13-9-7-10-14-26)48-40(54)27-17-19-29(47)20-18-27)22-45(57)39(60-41(55)28-15-11-8-12-16-28)37-44(6,31(51)21-32-46(37,63-62-32)61-25(3)50)38(53)36(58-24(2)49)33(23)43(45,4)5/h7-20,30-32,34-37,39,51-52,57H,21-22H2,1-6H3,(H,48,54)/t30-,31-,32+,34-,35+,36+,37-,39-,44+,45+,46+/m0/s1. The Morgan fingerprint density at radius 1 is 0.857 bits per heavy atom. The third kappa shape index (κ3) is 7.72. The van der Waals surface area contributed by atoms with Crippen LogP contribution in [0.5, 0.6) is 0 Å². The highest BCUT2D eigenvalue weighted by molar-refractivity contribution is 6.30. The van der Waals surface area contributed by atoms with E-state index in [9.17, 15) is 39.3 Å². The third-order valence-electron chi connectivity index (χ3n) is 13.1. The average molecular weight is 890 g/mol. The van der Waals surface area contributed by atoms with Crippen LogP contribution >= 0.6 is 11.6 Å². The van der Waals surface area contributed by atoms with Crippen LogP contribution in [0.25, 0.3) is 0 Å². The summed E-state index contributed by atoms with van der Waals surface area (Å²) in [5.41, 5.74) is -5.82. The number of carbonyl (C=O) groups is 6. The predicted octanol–water partition coefficient (Wildman–Crippen LogP) is 4.28. The number of hydrogen-bond acceptors (Lipinski definition) is 15. The molecule has 1 heterocycles. The van der Waals surface area contributed by atoms with E-state index in [1.165, 1.54) is 64.1 Å². The first kappa shape index (κ1) is 45.5. The number of rotatable bonds is 10. The largest absolute Gasteiger partial charge is 0.456 e. The second-order valence-corrected chi connectivity index (χ2v) is 17.6. The van der Waals surface area contributed by atoms with Crippen molar-refractivity contribution in [3.05, 3.63) is 118 Å². The molecular formula is C46H48ClNO15. The van der Waals surface area contributed by atoms with E-state index in [2.05, 4.69) is 5.32 Å². The first-order valence-electron chi connectivity index (χ1n) is 20.3. The number of nitrogens with one attached hydrogen (secondary N) is 1. The maximum Gasteiger partial charge on any atom is 0.338 e. The van der Waals surface area contributed by atoms with Crippen LogP contribution in [0.15, 0.2) is 96.1 Å². The fourth-order valence-electron chi connectivity index (χ4n) is 9.75. The third-order valence-corrected chi connectivity index (χ3v) is 13.4. The molecule has 11 atom stereocenters. The Labute approximate surface area is 367 Å². The minimum Gasteiger partial charge on any atom is -0.456 e. The molecule has 3 aliphatic carbocycles. The van der Waals surface area contributed by atoms with Crippen molar-refractivity contribution < 1.29 is 72.8 Å².